The normalized spacial score (nSPS) is 28.9. The van der Waals surface area contributed by atoms with Crippen molar-refractivity contribution in [2.24, 2.45) is 5.92 Å². The number of piperidine rings is 3. The Morgan fingerprint density at radius 3 is 2.50 bits per heavy atom. The van der Waals surface area contributed by atoms with E-state index in [0.717, 1.165) is 29.7 Å². The van der Waals surface area contributed by atoms with E-state index in [0.29, 0.717) is 17.1 Å². The second-order valence-electron chi connectivity index (χ2n) is 6.39. The largest absolute Gasteiger partial charge is 0.365 e. The molecule has 0 aromatic carbocycles. The van der Waals surface area contributed by atoms with Crippen LogP contribution in [0.5, 0.6) is 0 Å². The van der Waals surface area contributed by atoms with Crippen molar-refractivity contribution in [3.05, 3.63) is 16.5 Å². The second-order valence-corrected chi connectivity index (χ2v) is 6.75. The molecular weight excluding hydrogens is 272 g/mol. The van der Waals surface area contributed by atoms with Crippen molar-refractivity contribution in [2.75, 3.05) is 25.0 Å². The Hall–Kier alpha value is -0.870. The van der Waals surface area contributed by atoms with E-state index in [4.69, 9.17) is 11.6 Å². The quantitative estimate of drug-likeness (QED) is 0.870. The standard InChI is InChI=1S/C15H23ClN4/c1-9(2)14-18-13(16)10(3)15(19-14)17-12-8-20-6-4-11(12)5-7-20/h9,11-12H,4-8H2,1-3H3,(H,17,18,19). The van der Waals surface area contributed by atoms with E-state index in [-0.39, 0.29) is 0 Å². The molecule has 0 aliphatic carbocycles. The third-order valence-electron chi connectivity index (χ3n) is 4.60. The Balaban J connectivity index is 1.83. The first kappa shape index (κ1) is 14.1. The zero-order chi connectivity index (χ0) is 14.3. The molecule has 2 bridgehead atoms. The minimum Gasteiger partial charge on any atom is -0.365 e. The third kappa shape index (κ3) is 2.63. The number of aromatic nitrogens is 2. The maximum absolute atomic E-state index is 6.26. The van der Waals surface area contributed by atoms with Crippen molar-refractivity contribution in [1.82, 2.24) is 14.9 Å². The SMILES string of the molecule is Cc1c(Cl)nc(C(C)C)nc1NC1CN2CCC1CC2. The van der Waals surface area contributed by atoms with Crippen LogP contribution in [0.15, 0.2) is 0 Å². The molecule has 4 rings (SSSR count). The number of fused-ring (bicyclic) bond motifs is 3. The number of hydrogen-bond acceptors (Lipinski definition) is 4. The van der Waals surface area contributed by atoms with Crippen molar-refractivity contribution >= 4 is 17.4 Å². The fraction of sp³-hybridized carbons (Fsp3) is 0.733. The summed E-state index contributed by atoms with van der Waals surface area (Å²) in [6.45, 7) is 9.82. The fourth-order valence-electron chi connectivity index (χ4n) is 3.21. The lowest BCUT2D eigenvalue weighted by Crippen LogP contribution is -2.53. The second kappa shape index (κ2) is 5.49. The van der Waals surface area contributed by atoms with Crippen LogP contribution in [0.2, 0.25) is 5.15 Å². The molecule has 0 spiro atoms. The van der Waals surface area contributed by atoms with E-state index in [2.05, 4.69) is 34.0 Å². The Bertz CT molecular complexity index is 495. The predicted molar refractivity (Wildman–Crippen MR) is 82.4 cm³/mol. The van der Waals surface area contributed by atoms with Gasteiger partial charge in [0, 0.05) is 24.1 Å². The smallest absolute Gasteiger partial charge is 0.137 e. The average molecular weight is 295 g/mol. The summed E-state index contributed by atoms with van der Waals surface area (Å²) in [4.78, 5) is 11.6. The number of halogens is 1. The van der Waals surface area contributed by atoms with Gasteiger partial charge in [0.2, 0.25) is 0 Å². The van der Waals surface area contributed by atoms with Gasteiger partial charge in [0.25, 0.3) is 0 Å². The van der Waals surface area contributed by atoms with Gasteiger partial charge in [-0.25, -0.2) is 9.97 Å². The van der Waals surface area contributed by atoms with Crippen LogP contribution >= 0.6 is 11.6 Å². The summed E-state index contributed by atoms with van der Waals surface area (Å²) in [5.41, 5.74) is 0.965. The molecule has 3 aliphatic heterocycles. The third-order valence-corrected chi connectivity index (χ3v) is 4.97. The molecule has 20 heavy (non-hydrogen) atoms. The molecular formula is C15H23ClN4. The molecule has 0 radical (unpaired) electrons. The van der Waals surface area contributed by atoms with Crippen LogP contribution in [0, 0.1) is 12.8 Å². The summed E-state index contributed by atoms with van der Waals surface area (Å²) in [5.74, 6) is 2.81. The first-order chi connectivity index (χ1) is 9.54. The lowest BCUT2D eigenvalue weighted by atomic mass is 9.84. The summed E-state index contributed by atoms with van der Waals surface area (Å²) in [7, 11) is 0. The topological polar surface area (TPSA) is 41.1 Å². The van der Waals surface area contributed by atoms with Gasteiger partial charge < -0.3 is 10.2 Å². The Labute approximate surface area is 125 Å². The van der Waals surface area contributed by atoms with E-state index in [1.54, 1.807) is 0 Å². The lowest BCUT2D eigenvalue weighted by Gasteiger charge is -2.45. The Morgan fingerprint density at radius 2 is 1.95 bits per heavy atom. The van der Waals surface area contributed by atoms with E-state index in [9.17, 15) is 0 Å². The Morgan fingerprint density at radius 1 is 1.25 bits per heavy atom. The van der Waals surface area contributed by atoms with Crippen molar-refractivity contribution < 1.29 is 0 Å². The van der Waals surface area contributed by atoms with E-state index >= 15 is 0 Å². The van der Waals surface area contributed by atoms with Crippen LogP contribution in [0.3, 0.4) is 0 Å². The van der Waals surface area contributed by atoms with E-state index in [1.807, 2.05) is 6.92 Å². The van der Waals surface area contributed by atoms with Gasteiger partial charge >= 0.3 is 0 Å². The van der Waals surface area contributed by atoms with Gasteiger partial charge in [0.05, 0.1) is 0 Å². The van der Waals surface area contributed by atoms with E-state index in [1.165, 1.54) is 25.9 Å². The molecule has 3 fully saturated rings. The zero-order valence-corrected chi connectivity index (χ0v) is 13.2. The van der Waals surface area contributed by atoms with Gasteiger partial charge in [-0.05, 0) is 38.8 Å². The van der Waals surface area contributed by atoms with Crippen LogP contribution in [0.25, 0.3) is 0 Å². The maximum Gasteiger partial charge on any atom is 0.137 e. The van der Waals surface area contributed by atoms with Gasteiger partial charge in [0.1, 0.15) is 16.8 Å². The molecule has 0 saturated carbocycles. The van der Waals surface area contributed by atoms with E-state index < -0.39 is 0 Å². The molecule has 1 aromatic heterocycles. The molecule has 3 saturated heterocycles. The molecule has 4 heterocycles. The first-order valence-electron chi connectivity index (χ1n) is 7.57. The first-order valence-corrected chi connectivity index (χ1v) is 7.95. The molecule has 0 amide bonds. The van der Waals surface area contributed by atoms with Gasteiger partial charge in [-0.3, -0.25) is 0 Å². The fourth-order valence-corrected chi connectivity index (χ4v) is 3.38. The monoisotopic (exact) mass is 294 g/mol. The van der Waals surface area contributed by atoms with Crippen molar-refractivity contribution in [3.8, 4) is 0 Å². The van der Waals surface area contributed by atoms with Gasteiger partial charge in [-0.15, -0.1) is 0 Å². The van der Waals surface area contributed by atoms with Crippen molar-refractivity contribution in [3.63, 3.8) is 0 Å². The van der Waals surface area contributed by atoms with Crippen LogP contribution in [-0.2, 0) is 0 Å². The summed E-state index contributed by atoms with van der Waals surface area (Å²) < 4.78 is 0. The van der Waals surface area contributed by atoms with Crippen LogP contribution in [0.4, 0.5) is 5.82 Å². The van der Waals surface area contributed by atoms with Gasteiger partial charge in [-0.2, -0.15) is 0 Å². The van der Waals surface area contributed by atoms with Gasteiger partial charge in [0.15, 0.2) is 0 Å². The zero-order valence-electron chi connectivity index (χ0n) is 12.5. The van der Waals surface area contributed by atoms with Crippen LogP contribution in [-0.4, -0.2) is 40.5 Å². The molecule has 1 N–H and O–H groups in total. The van der Waals surface area contributed by atoms with Crippen LogP contribution < -0.4 is 5.32 Å². The maximum atomic E-state index is 6.26. The molecule has 110 valence electrons. The molecule has 5 heteroatoms. The molecule has 4 nitrogen and oxygen atoms in total. The van der Waals surface area contributed by atoms with Crippen molar-refractivity contribution in [2.45, 2.75) is 45.6 Å². The number of rotatable bonds is 3. The van der Waals surface area contributed by atoms with Gasteiger partial charge in [-0.1, -0.05) is 25.4 Å². The highest BCUT2D eigenvalue weighted by Gasteiger charge is 2.34. The number of nitrogens with zero attached hydrogens (tertiary/aromatic N) is 3. The lowest BCUT2D eigenvalue weighted by molar-refractivity contribution is 0.0973. The number of nitrogens with one attached hydrogen (secondary N) is 1. The summed E-state index contributed by atoms with van der Waals surface area (Å²) in [6.07, 6.45) is 2.60. The molecule has 1 unspecified atom stereocenters. The van der Waals surface area contributed by atoms with Crippen LogP contribution in [0.1, 0.15) is 44.0 Å². The number of anilines is 1. The average Bonchev–Trinajstić information content (AvgIpc) is 2.44. The molecule has 1 aromatic rings. The highest BCUT2D eigenvalue weighted by molar-refractivity contribution is 6.30. The summed E-state index contributed by atoms with van der Waals surface area (Å²) >= 11 is 6.26. The summed E-state index contributed by atoms with van der Waals surface area (Å²) in [5, 5.41) is 4.22. The molecule has 1 atom stereocenters. The van der Waals surface area contributed by atoms with Crippen molar-refractivity contribution in [1.29, 1.82) is 0 Å². The minimum atomic E-state index is 0.292. The minimum absolute atomic E-state index is 0.292. The summed E-state index contributed by atoms with van der Waals surface area (Å²) in [6, 6.07) is 0.502. The Kier molecular flexibility index (Phi) is 3.87. The predicted octanol–water partition coefficient (Wildman–Crippen LogP) is 3.07. The molecule has 3 aliphatic rings. The highest BCUT2D eigenvalue weighted by Crippen LogP contribution is 2.31. The number of hydrogen-bond donors (Lipinski definition) is 1. The highest BCUT2D eigenvalue weighted by atomic mass is 35.5.